The first-order valence-electron chi connectivity index (χ1n) is 5.55. The lowest BCUT2D eigenvalue weighted by Crippen LogP contribution is -2.07. The molecule has 0 bridgehead atoms. The molecule has 0 aromatic heterocycles. The van der Waals surface area contributed by atoms with E-state index in [0.29, 0.717) is 0 Å². The summed E-state index contributed by atoms with van der Waals surface area (Å²) in [5, 5.41) is 3.34. The Morgan fingerprint density at radius 3 is 2.81 bits per heavy atom. The molecule has 1 aromatic rings. The Balaban J connectivity index is 2.81. The van der Waals surface area contributed by atoms with Crippen molar-refractivity contribution in [3.63, 3.8) is 0 Å². The van der Waals surface area contributed by atoms with Crippen molar-refractivity contribution in [2.24, 2.45) is 0 Å². The fraction of sp³-hybridized carbons (Fsp3) is 0.500. The number of para-hydroxylation sites is 1. The van der Waals surface area contributed by atoms with Crippen molar-refractivity contribution in [2.45, 2.75) is 32.4 Å². The van der Waals surface area contributed by atoms with E-state index in [4.69, 9.17) is 4.55 Å². The van der Waals surface area contributed by atoms with Crippen LogP contribution >= 0.6 is 0 Å². The molecule has 0 radical (unpaired) electrons. The minimum absolute atomic E-state index is 0.191. The lowest BCUT2D eigenvalue weighted by Gasteiger charge is -2.13. The van der Waals surface area contributed by atoms with Gasteiger partial charge in [-0.3, -0.25) is 0 Å². The molecule has 3 nitrogen and oxygen atoms in total. The average Bonchev–Trinajstić information content (AvgIpc) is 2.21. The third-order valence-corrected chi connectivity index (χ3v) is 3.03. The van der Waals surface area contributed by atoms with Gasteiger partial charge in [-0.25, -0.2) is 4.21 Å². The van der Waals surface area contributed by atoms with Crippen LogP contribution in [0.2, 0.25) is 0 Å². The highest BCUT2D eigenvalue weighted by molar-refractivity contribution is 7.78. The van der Waals surface area contributed by atoms with Crippen LogP contribution in [-0.2, 0) is 16.8 Å². The topological polar surface area (TPSA) is 49.3 Å². The quantitative estimate of drug-likeness (QED) is 0.594. The molecule has 1 aromatic carbocycles. The number of hydrogen-bond donors (Lipinski definition) is 2. The number of unbranched alkanes of at least 4 members (excludes halogenated alkanes) is 1. The van der Waals surface area contributed by atoms with Crippen molar-refractivity contribution in [3.05, 3.63) is 29.3 Å². The van der Waals surface area contributed by atoms with Gasteiger partial charge in [0, 0.05) is 12.2 Å². The Hall–Kier alpha value is -0.870. The minimum Gasteiger partial charge on any atom is -0.385 e. The molecule has 0 saturated heterocycles. The Morgan fingerprint density at radius 1 is 1.44 bits per heavy atom. The van der Waals surface area contributed by atoms with E-state index in [1.807, 2.05) is 25.1 Å². The van der Waals surface area contributed by atoms with E-state index in [-0.39, 0.29) is 5.75 Å². The summed E-state index contributed by atoms with van der Waals surface area (Å²) in [5.41, 5.74) is 3.05. The Kier molecular flexibility index (Phi) is 5.49. The van der Waals surface area contributed by atoms with Gasteiger partial charge < -0.3 is 9.87 Å². The van der Waals surface area contributed by atoms with Gasteiger partial charge in [-0.2, -0.15) is 0 Å². The molecule has 0 aliphatic rings. The first-order valence-corrected chi connectivity index (χ1v) is 6.82. The number of aryl methyl sites for hydroxylation is 1. The van der Waals surface area contributed by atoms with E-state index in [1.54, 1.807) is 0 Å². The first-order chi connectivity index (χ1) is 7.65. The highest BCUT2D eigenvalue weighted by Crippen LogP contribution is 2.21. The molecule has 2 N–H and O–H groups in total. The third kappa shape index (κ3) is 3.94. The van der Waals surface area contributed by atoms with Crippen molar-refractivity contribution >= 4 is 16.8 Å². The van der Waals surface area contributed by atoms with E-state index >= 15 is 0 Å². The van der Waals surface area contributed by atoms with Crippen LogP contribution in [0, 0.1) is 6.92 Å². The van der Waals surface area contributed by atoms with E-state index in [1.165, 1.54) is 0 Å². The Bertz CT molecular complexity index is 366. The van der Waals surface area contributed by atoms with E-state index in [2.05, 4.69) is 12.2 Å². The molecular formula is C12H19NO2S. The maximum absolute atomic E-state index is 10.8. The predicted molar refractivity (Wildman–Crippen MR) is 69.1 cm³/mol. The summed E-state index contributed by atoms with van der Waals surface area (Å²) in [7, 11) is 0. The van der Waals surface area contributed by atoms with Gasteiger partial charge in [0.2, 0.25) is 0 Å². The maximum Gasteiger partial charge on any atom is 0.157 e. The molecule has 1 rings (SSSR count). The zero-order chi connectivity index (χ0) is 12.0. The fourth-order valence-electron chi connectivity index (χ4n) is 1.62. The average molecular weight is 241 g/mol. The van der Waals surface area contributed by atoms with Crippen LogP contribution in [0.25, 0.3) is 0 Å². The highest BCUT2D eigenvalue weighted by atomic mass is 32.2. The van der Waals surface area contributed by atoms with Gasteiger partial charge in [0.1, 0.15) is 0 Å². The summed E-state index contributed by atoms with van der Waals surface area (Å²) in [4.78, 5) is 0. The molecule has 0 aliphatic heterocycles. The van der Waals surface area contributed by atoms with Crippen LogP contribution in [0.15, 0.2) is 18.2 Å². The summed E-state index contributed by atoms with van der Waals surface area (Å²) >= 11 is -1.78. The molecule has 0 aliphatic carbocycles. The second-order valence-corrected chi connectivity index (χ2v) is 4.79. The number of rotatable bonds is 6. The van der Waals surface area contributed by atoms with Crippen molar-refractivity contribution in [1.29, 1.82) is 0 Å². The monoisotopic (exact) mass is 241 g/mol. The molecule has 0 fully saturated rings. The Morgan fingerprint density at radius 2 is 2.19 bits per heavy atom. The summed E-state index contributed by atoms with van der Waals surface area (Å²) < 4.78 is 19.8. The largest absolute Gasteiger partial charge is 0.385 e. The predicted octanol–water partition coefficient (Wildman–Crippen LogP) is 2.93. The lowest BCUT2D eigenvalue weighted by molar-refractivity contribution is 0.563. The molecular weight excluding hydrogens is 222 g/mol. The molecule has 0 amide bonds. The van der Waals surface area contributed by atoms with Gasteiger partial charge in [0.05, 0.1) is 5.75 Å². The standard InChI is InChI=1S/C12H19NO2S/c1-3-4-8-13-12-10(2)6-5-7-11(12)9-16(14)15/h5-7,13H,3-4,8-9H2,1-2H3,(H,14,15). The summed E-state index contributed by atoms with van der Waals surface area (Å²) in [6, 6.07) is 5.83. The molecule has 0 heterocycles. The van der Waals surface area contributed by atoms with Crippen LogP contribution in [0.1, 0.15) is 30.9 Å². The molecule has 1 unspecified atom stereocenters. The van der Waals surface area contributed by atoms with E-state index in [9.17, 15) is 4.21 Å². The van der Waals surface area contributed by atoms with Crippen molar-refractivity contribution in [2.75, 3.05) is 11.9 Å². The van der Waals surface area contributed by atoms with E-state index in [0.717, 1.165) is 36.2 Å². The van der Waals surface area contributed by atoms with Crippen LogP contribution in [0.4, 0.5) is 5.69 Å². The summed E-state index contributed by atoms with van der Waals surface area (Å²) in [5.74, 6) is 0.191. The summed E-state index contributed by atoms with van der Waals surface area (Å²) in [6.07, 6.45) is 2.25. The molecule has 0 spiro atoms. The molecule has 16 heavy (non-hydrogen) atoms. The lowest BCUT2D eigenvalue weighted by atomic mass is 10.1. The second kappa shape index (κ2) is 6.66. The van der Waals surface area contributed by atoms with Crippen LogP contribution < -0.4 is 5.32 Å². The van der Waals surface area contributed by atoms with Crippen LogP contribution in [0.3, 0.4) is 0 Å². The van der Waals surface area contributed by atoms with Crippen LogP contribution in [0.5, 0.6) is 0 Å². The van der Waals surface area contributed by atoms with E-state index < -0.39 is 11.1 Å². The molecule has 0 saturated carbocycles. The number of nitrogens with one attached hydrogen (secondary N) is 1. The minimum atomic E-state index is -1.78. The number of anilines is 1. The SMILES string of the molecule is CCCCNc1c(C)cccc1CS(=O)O. The van der Waals surface area contributed by atoms with Gasteiger partial charge in [-0.15, -0.1) is 0 Å². The van der Waals surface area contributed by atoms with Crippen LogP contribution in [-0.4, -0.2) is 15.3 Å². The van der Waals surface area contributed by atoms with Gasteiger partial charge in [-0.1, -0.05) is 31.5 Å². The fourth-order valence-corrected chi connectivity index (χ4v) is 2.13. The Labute approximate surface area is 99.5 Å². The first kappa shape index (κ1) is 13.2. The second-order valence-electron chi connectivity index (χ2n) is 3.86. The van der Waals surface area contributed by atoms with Crippen molar-refractivity contribution < 1.29 is 8.76 Å². The summed E-state index contributed by atoms with van der Waals surface area (Å²) in [6.45, 7) is 5.06. The third-order valence-electron chi connectivity index (χ3n) is 2.47. The number of hydrogen-bond acceptors (Lipinski definition) is 2. The van der Waals surface area contributed by atoms with Crippen molar-refractivity contribution in [3.8, 4) is 0 Å². The van der Waals surface area contributed by atoms with Gasteiger partial charge in [0.25, 0.3) is 0 Å². The smallest absolute Gasteiger partial charge is 0.157 e. The molecule has 4 heteroatoms. The highest BCUT2D eigenvalue weighted by Gasteiger charge is 2.07. The van der Waals surface area contributed by atoms with Gasteiger partial charge in [0.15, 0.2) is 11.1 Å². The normalized spacial score (nSPS) is 12.4. The molecule has 1 atom stereocenters. The van der Waals surface area contributed by atoms with Crippen molar-refractivity contribution in [1.82, 2.24) is 0 Å². The number of benzene rings is 1. The zero-order valence-electron chi connectivity index (χ0n) is 9.82. The van der Waals surface area contributed by atoms with Gasteiger partial charge in [-0.05, 0) is 24.5 Å². The maximum atomic E-state index is 10.8. The van der Waals surface area contributed by atoms with Gasteiger partial charge >= 0.3 is 0 Å². The molecule has 90 valence electrons. The zero-order valence-corrected chi connectivity index (χ0v) is 10.6.